The fraction of sp³-hybridized carbons (Fsp3) is 0.391. The molecule has 6 nitrogen and oxygen atoms in total. The van der Waals surface area contributed by atoms with Crippen molar-refractivity contribution in [2.45, 2.75) is 19.3 Å². The number of morpholine rings is 1. The topological polar surface area (TPSA) is 70.2 Å². The van der Waals surface area contributed by atoms with Crippen molar-refractivity contribution in [2.24, 2.45) is 0 Å². The Morgan fingerprint density at radius 1 is 1.06 bits per heavy atom. The zero-order valence-corrected chi connectivity index (χ0v) is 19.0. The molecule has 1 aliphatic heterocycles. The molecule has 2 heterocycles. The smallest absolute Gasteiger partial charge is 0.272 e. The number of halogens is 2. The van der Waals surface area contributed by atoms with E-state index in [9.17, 15) is 4.79 Å². The number of aromatic nitrogens is 2. The zero-order chi connectivity index (χ0) is 20.8. The van der Waals surface area contributed by atoms with Gasteiger partial charge in [0.05, 0.1) is 35.0 Å². The van der Waals surface area contributed by atoms with Gasteiger partial charge in [-0.3, -0.25) is 9.69 Å². The van der Waals surface area contributed by atoms with E-state index < -0.39 is 0 Å². The lowest BCUT2D eigenvalue weighted by Crippen LogP contribution is -2.36. The van der Waals surface area contributed by atoms with Crippen LogP contribution in [-0.4, -0.2) is 54.5 Å². The monoisotopic (exact) mass is 462 g/mol. The molecule has 0 amide bonds. The molecular weight excluding hydrogens is 435 g/mol. The molecule has 1 aliphatic rings. The first-order chi connectivity index (χ1) is 14.7. The Bertz CT molecular complexity index is 1050. The molecule has 2 aromatic carbocycles. The van der Waals surface area contributed by atoms with Crippen LogP contribution in [0.3, 0.4) is 0 Å². The number of rotatable bonds is 8. The summed E-state index contributed by atoms with van der Waals surface area (Å²) in [5.41, 5.74) is 2.37. The summed E-state index contributed by atoms with van der Waals surface area (Å²) in [6, 6.07) is 13.3. The van der Waals surface area contributed by atoms with Gasteiger partial charge >= 0.3 is 0 Å². The molecule has 0 radical (unpaired) electrons. The van der Waals surface area contributed by atoms with Gasteiger partial charge in [0.2, 0.25) is 0 Å². The van der Waals surface area contributed by atoms with Crippen molar-refractivity contribution < 1.29 is 4.74 Å². The largest absolute Gasteiger partial charge is 0.384 e. The van der Waals surface area contributed by atoms with Crippen LogP contribution in [-0.2, 0) is 4.74 Å². The number of nitrogens with zero attached hydrogens (tertiary/aromatic N) is 2. The highest BCUT2D eigenvalue weighted by molar-refractivity contribution is 6.33. The predicted molar refractivity (Wildman–Crippen MR) is 130 cm³/mol. The molecule has 3 aromatic rings. The van der Waals surface area contributed by atoms with E-state index in [0.29, 0.717) is 10.4 Å². The third kappa shape index (κ3) is 5.98. The number of hydrogen-bond acceptors (Lipinski definition) is 5. The van der Waals surface area contributed by atoms with Crippen LogP contribution in [0.2, 0.25) is 5.02 Å². The van der Waals surface area contributed by atoms with Gasteiger partial charge in [-0.2, -0.15) is 5.10 Å². The Morgan fingerprint density at radius 2 is 1.84 bits per heavy atom. The summed E-state index contributed by atoms with van der Waals surface area (Å²) in [5, 5.41) is 12.5. The lowest BCUT2D eigenvalue weighted by atomic mass is 10.0. The average molecular weight is 463 g/mol. The molecule has 0 atom stereocenters. The van der Waals surface area contributed by atoms with Crippen molar-refractivity contribution in [3.05, 3.63) is 57.8 Å². The minimum Gasteiger partial charge on any atom is -0.384 e. The van der Waals surface area contributed by atoms with Gasteiger partial charge in [0.25, 0.3) is 5.56 Å². The van der Waals surface area contributed by atoms with Gasteiger partial charge < -0.3 is 10.1 Å². The molecule has 0 aliphatic carbocycles. The minimum atomic E-state index is -0.182. The number of hydrogen-bond donors (Lipinski definition) is 2. The van der Waals surface area contributed by atoms with Gasteiger partial charge in [-0.1, -0.05) is 42.3 Å². The van der Waals surface area contributed by atoms with Crippen LogP contribution < -0.4 is 10.9 Å². The fourth-order valence-corrected chi connectivity index (χ4v) is 4.01. The highest BCUT2D eigenvalue weighted by Gasteiger charge is 2.11. The third-order valence-electron chi connectivity index (χ3n) is 5.51. The molecule has 31 heavy (non-hydrogen) atoms. The minimum absolute atomic E-state index is 0. The highest BCUT2D eigenvalue weighted by Crippen LogP contribution is 2.30. The van der Waals surface area contributed by atoms with E-state index in [1.54, 1.807) is 0 Å². The van der Waals surface area contributed by atoms with Crippen molar-refractivity contribution >= 4 is 40.5 Å². The second-order valence-electron chi connectivity index (χ2n) is 7.58. The molecule has 166 valence electrons. The standard InChI is InChI=1S/C23H27ClN4O2.ClH/c24-20-9-8-17(22-18-6-2-3-7-19(18)23(29)27-26-22)16-21(20)25-10-4-1-5-11-28-12-14-30-15-13-28;/h2-3,6-9,16,25H,1,4-5,10-15H2,(H,27,29);1H. The third-order valence-corrected chi connectivity index (χ3v) is 5.84. The molecule has 0 bridgehead atoms. The van der Waals surface area contributed by atoms with Crippen LogP contribution in [0, 0.1) is 0 Å². The molecule has 1 fully saturated rings. The first kappa shape index (κ1) is 23.5. The number of nitrogens with one attached hydrogen (secondary N) is 2. The van der Waals surface area contributed by atoms with Gasteiger partial charge in [0, 0.05) is 30.6 Å². The Hall–Kier alpha value is -2.12. The second kappa shape index (κ2) is 11.5. The maximum atomic E-state index is 12.1. The number of unbranched alkanes of at least 4 members (excludes halogenated alkanes) is 2. The van der Waals surface area contributed by atoms with Crippen molar-refractivity contribution in [2.75, 3.05) is 44.7 Å². The molecule has 1 aromatic heterocycles. The van der Waals surface area contributed by atoms with Gasteiger partial charge in [-0.05, 0) is 37.6 Å². The first-order valence-corrected chi connectivity index (χ1v) is 10.9. The fourth-order valence-electron chi connectivity index (χ4n) is 3.83. The highest BCUT2D eigenvalue weighted by atomic mass is 35.5. The Labute approximate surface area is 193 Å². The summed E-state index contributed by atoms with van der Waals surface area (Å²) in [6.07, 6.45) is 3.46. The molecule has 1 saturated heterocycles. The van der Waals surface area contributed by atoms with Gasteiger partial charge in [0.1, 0.15) is 0 Å². The van der Waals surface area contributed by atoms with E-state index in [4.69, 9.17) is 16.3 Å². The molecule has 8 heteroatoms. The van der Waals surface area contributed by atoms with Gasteiger partial charge in [-0.15, -0.1) is 12.4 Å². The van der Waals surface area contributed by atoms with Gasteiger partial charge in [0.15, 0.2) is 0 Å². The van der Waals surface area contributed by atoms with Crippen LogP contribution in [0.15, 0.2) is 47.3 Å². The van der Waals surface area contributed by atoms with Crippen molar-refractivity contribution in [3.8, 4) is 11.3 Å². The lowest BCUT2D eigenvalue weighted by molar-refractivity contribution is 0.0372. The Kier molecular flexibility index (Phi) is 8.72. The number of benzene rings is 2. The van der Waals surface area contributed by atoms with E-state index in [1.807, 2.05) is 42.5 Å². The Balaban J connectivity index is 0.00000272. The maximum Gasteiger partial charge on any atom is 0.272 e. The molecule has 4 rings (SSSR count). The zero-order valence-electron chi connectivity index (χ0n) is 17.4. The quantitative estimate of drug-likeness (QED) is 0.479. The summed E-state index contributed by atoms with van der Waals surface area (Å²) in [6.45, 7) is 5.82. The van der Waals surface area contributed by atoms with Crippen LogP contribution in [0.4, 0.5) is 5.69 Å². The van der Waals surface area contributed by atoms with Crippen molar-refractivity contribution in [1.82, 2.24) is 15.1 Å². The normalized spacial score (nSPS) is 14.4. The predicted octanol–water partition coefficient (Wildman–Crippen LogP) is 4.58. The van der Waals surface area contributed by atoms with Crippen molar-refractivity contribution in [3.63, 3.8) is 0 Å². The lowest BCUT2D eigenvalue weighted by Gasteiger charge is -2.26. The molecule has 2 N–H and O–H groups in total. The molecular formula is C23H28Cl2N4O2. The Morgan fingerprint density at radius 3 is 2.65 bits per heavy atom. The molecule has 0 spiro atoms. The summed E-state index contributed by atoms with van der Waals surface area (Å²) < 4.78 is 5.39. The van der Waals surface area contributed by atoms with Gasteiger partial charge in [-0.25, -0.2) is 5.10 Å². The van der Waals surface area contributed by atoms with Crippen LogP contribution >= 0.6 is 24.0 Å². The van der Waals surface area contributed by atoms with E-state index in [0.717, 1.165) is 68.1 Å². The van der Waals surface area contributed by atoms with E-state index >= 15 is 0 Å². The first-order valence-electron chi connectivity index (χ1n) is 10.5. The number of fused-ring (bicyclic) bond motifs is 1. The van der Waals surface area contributed by atoms with Crippen molar-refractivity contribution in [1.29, 1.82) is 0 Å². The van der Waals surface area contributed by atoms with E-state index in [2.05, 4.69) is 20.4 Å². The van der Waals surface area contributed by atoms with Crippen LogP contribution in [0.5, 0.6) is 0 Å². The molecule has 0 saturated carbocycles. The second-order valence-corrected chi connectivity index (χ2v) is 7.99. The summed E-state index contributed by atoms with van der Waals surface area (Å²) >= 11 is 6.41. The summed E-state index contributed by atoms with van der Waals surface area (Å²) in [5.74, 6) is 0. The number of aromatic amines is 1. The number of H-pyrrole nitrogens is 1. The number of ether oxygens (including phenoxy) is 1. The van der Waals surface area contributed by atoms with E-state index in [-0.39, 0.29) is 18.0 Å². The number of anilines is 1. The SMILES string of the molecule is Cl.O=c1[nH]nc(-c2ccc(Cl)c(NCCCCCN3CCOCC3)c2)c2ccccc12. The maximum absolute atomic E-state index is 12.1. The van der Waals surface area contributed by atoms with Crippen LogP contribution in [0.25, 0.3) is 22.0 Å². The van der Waals surface area contributed by atoms with E-state index in [1.165, 1.54) is 12.8 Å². The summed E-state index contributed by atoms with van der Waals surface area (Å²) in [7, 11) is 0. The van der Waals surface area contributed by atoms with Crippen LogP contribution in [0.1, 0.15) is 19.3 Å². The average Bonchev–Trinajstić information content (AvgIpc) is 2.78. The molecule has 0 unspecified atom stereocenters. The summed E-state index contributed by atoms with van der Waals surface area (Å²) in [4.78, 5) is 14.5.